The number of rotatable bonds is 9. The number of carbonyl (C=O) groups is 1. The van der Waals surface area contributed by atoms with E-state index in [1.807, 2.05) is 30.3 Å². The van der Waals surface area contributed by atoms with E-state index in [1.165, 1.54) is 18.2 Å². The van der Waals surface area contributed by atoms with Crippen LogP contribution in [0.5, 0.6) is 0 Å². The fourth-order valence-electron chi connectivity index (χ4n) is 3.10. The first-order chi connectivity index (χ1) is 13.5. The van der Waals surface area contributed by atoms with Gasteiger partial charge in [0.25, 0.3) is 0 Å². The van der Waals surface area contributed by atoms with Crippen LogP contribution >= 0.6 is 0 Å². The van der Waals surface area contributed by atoms with E-state index in [1.54, 1.807) is 0 Å². The molecule has 0 bridgehead atoms. The second-order valence-electron chi connectivity index (χ2n) is 6.66. The molecular weight excluding hydrogens is 380 g/mol. The molecule has 3 rings (SSSR count). The summed E-state index contributed by atoms with van der Waals surface area (Å²) in [4.78, 5) is 11.6. The van der Waals surface area contributed by atoms with Crippen LogP contribution in [0.1, 0.15) is 28.8 Å². The number of hydrogen-bond donors (Lipinski definition) is 3. The zero-order valence-corrected chi connectivity index (χ0v) is 16.2. The Morgan fingerprint density at radius 1 is 1.18 bits per heavy atom. The van der Waals surface area contributed by atoms with Crippen molar-refractivity contribution in [2.75, 3.05) is 25.0 Å². The van der Waals surface area contributed by atoms with Crippen LogP contribution in [-0.4, -0.2) is 45.3 Å². The molecule has 1 heterocycles. The predicted octanol–water partition coefficient (Wildman–Crippen LogP) is 2.50. The number of sulfonamides is 1. The van der Waals surface area contributed by atoms with Crippen LogP contribution in [0.2, 0.25) is 0 Å². The molecule has 7 nitrogen and oxygen atoms in total. The van der Waals surface area contributed by atoms with Crippen LogP contribution in [0.15, 0.2) is 53.4 Å². The third-order valence-electron chi connectivity index (χ3n) is 4.63. The lowest BCUT2D eigenvalue weighted by Crippen LogP contribution is -2.32. The Kier molecular flexibility index (Phi) is 6.66. The lowest BCUT2D eigenvalue weighted by atomic mass is 10.1. The lowest BCUT2D eigenvalue weighted by Gasteiger charge is -2.14. The smallest absolute Gasteiger partial charge is 0.337 e. The van der Waals surface area contributed by atoms with Gasteiger partial charge in [-0.25, -0.2) is 17.9 Å². The van der Waals surface area contributed by atoms with Crippen LogP contribution in [-0.2, 0) is 21.2 Å². The van der Waals surface area contributed by atoms with Crippen LogP contribution in [0.4, 0.5) is 5.69 Å². The molecule has 1 saturated heterocycles. The molecule has 0 radical (unpaired) electrons. The summed E-state index contributed by atoms with van der Waals surface area (Å²) < 4.78 is 32.9. The average Bonchev–Trinajstić information content (AvgIpc) is 3.21. The number of benzene rings is 2. The Morgan fingerprint density at radius 3 is 2.64 bits per heavy atom. The summed E-state index contributed by atoms with van der Waals surface area (Å²) in [6.07, 6.45) is 2.32. The molecule has 2 aromatic carbocycles. The molecule has 1 aliphatic heterocycles. The van der Waals surface area contributed by atoms with Gasteiger partial charge in [0.15, 0.2) is 0 Å². The number of carboxylic acids is 1. The first-order valence-corrected chi connectivity index (χ1v) is 10.7. The Labute approximate surface area is 164 Å². The minimum Gasteiger partial charge on any atom is -0.478 e. The Bertz CT molecular complexity index is 909. The van der Waals surface area contributed by atoms with Gasteiger partial charge in [0.05, 0.1) is 16.6 Å². The summed E-state index contributed by atoms with van der Waals surface area (Å²) in [6, 6.07) is 13.9. The second kappa shape index (κ2) is 9.18. The van der Waals surface area contributed by atoms with E-state index in [-0.39, 0.29) is 23.1 Å². The SMILES string of the molecule is O=C(O)c1cc(S(=O)(=O)NCC2CCCO2)ccc1NCCc1ccccc1. The minimum atomic E-state index is -3.81. The topological polar surface area (TPSA) is 105 Å². The monoisotopic (exact) mass is 404 g/mol. The molecule has 28 heavy (non-hydrogen) atoms. The summed E-state index contributed by atoms with van der Waals surface area (Å²) >= 11 is 0. The van der Waals surface area contributed by atoms with Crippen molar-refractivity contribution in [3.8, 4) is 0 Å². The van der Waals surface area contributed by atoms with Crippen LogP contribution in [0.25, 0.3) is 0 Å². The quantitative estimate of drug-likeness (QED) is 0.593. The van der Waals surface area contributed by atoms with Crippen molar-refractivity contribution < 1.29 is 23.1 Å². The van der Waals surface area contributed by atoms with Gasteiger partial charge in [0.2, 0.25) is 10.0 Å². The van der Waals surface area contributed by atoms with E-state index in [2.05, 4.69) is 10.0 Å². The Hall–Kier alpha value is -2.42. The zero-order chi connectivity index (χ0) is 20.0. The van der Waals surface area contributed by atoms with E-state index in [9.17, 15) is 18.3 Å². The van der Waals surface area contributed by atoms with Crippen molar-refractivity contribution in [2.45, 2.75) is 30.3 Å². The highest BCUT2D eigenvalue weighted by atomic mass is 32.2. The summed E-state index contributed by atoms with van der Waals surface area (Å²) in [6.45, 7) is 1.36. The molecule has 8 heteroatoms. The lowest BCUT2D eigenvalue weighted by molar-refractivity contribution is 0.0697. The fourth-order valence-corrected chi connectivity index (χ4v) is 4.19. The summed E-state index contributed by atoms with van der Waals surface area (Å²) in [5.74, 6) is -1.18. The molecule has 0 aromatic heterocycles. The van der Waals surface area contributed by atoms with Crippen LogP contribution in [0.3, 0.4) is 0 Å². The molecule has 0 amide bonds. The summed E-state index contributed by atoms with van der Waals surface area (Å²) in [7, 11) is -3.81. The summed E-state index contributed by atoms with van der Waals surface area (Å²) in [5.41, 5.74) is 1.44. The normalized spacial score (nSPS) is 16.8. The van der Waals surface area contributed by atoms with Crippen LogP contribution < -0.4 is 10.0 Å². The fraction of sp³-hybridized carbons (Fsp3) is 0.350. The Balaban J connectivity index is 1.68. The Morgan fingerprint density at radius 2 is 1.96 bits per heavy atom. The molecule has 3 N–H and O–H groups in total. The van der Waals surface area contributed by atoms with Crippen molar-refractivity contribution in [1.29, 1.82) is 0 Å². The number of aromatic carboxylic acids is 1. The van der Waals surface area contributed by atoms with Gasteiger partial charge in [-0.3, -0.25) is 0 Å². The molecule has 1 unspecified atom stereocenters. The van der Waals surface area contributed by atoms with Crippen LogP contribution in [0, 0.1) is 0 Å². The average molecular weight is 404 g/mol. The van der Waals surface area contributed by atoms with Crippen molar-refractivity contribution in [1.82, 2.24) is 4.72 Å². The number of ether oxygens (including phenoxy) is 1. The largest absolute Gasteiger partial charge is 0.478 e. The number of nitrogens with one attached hydrogen (secondary N) is 2. The van der Waals surface area contributed by atoms with E-state index >= 15 is 0 Å². The van der Waals surface area contributed by atoms with Gasteiger partial charge in [0.1, 0.15) is 0 Å². The first kappa shape index (κ1) is 20.3. The van der Waals surface area contributed by atoms with E-state index in [4.69, 9.17) is 4.74 Å². The van der Waals surface area contributed by atoms with E-state index < -0.39 is 16.0 Å². The van der Waals surface area contributed by atoms with Gasteiger partial charge in [0, 0.05) is 25.4 Å². The van der Waals surface area contributed by atoms with E-state index in [0.717, 1.165) is 24.8 Å². The van der Waals surface area contributed by atoms with Crippen molar-refractivity contribution in [3.05, 3.63) is 59.7 Å². The third-order valence-corrected chi connectivity index (χ3v) is 6.05. The second-order valence-corrected chi connectivity index (χ2v) is 8.43. The molecule has 150 valence electrons. The van der Waals surface area contributed by atoms with E-state index in [0.29, 0.717) is 18.8 Å². The van der Waals surface area contributed by atoms with Gasteiger partial charge in [-0.1, -0.05) is 30.3 Å². The van der Waals surface area contributed by atoms with Gasteiger partial charge >= 0.3 is 5.97 Å². The standard InChI is InChI=1S/C20H24N2O5S/c23-20(24)18-13-17(28(25,26)22-14-16-7-4-12-27-16)8-9-19(18)21-11-10-15-5-2-1-3-6-15/h1-3,5-6,8-9,13,16,21-22H,4,7,10-12,14H2,(H,23,24). The first-order valence-electron chi connectivity index (χ1n) is 9.22. The number of carboxylic acid groups (broad SMARTS) is 1. The van der Waals surface area contributed by atoms with Crippen molar-refractivity contribution in [2.24, 2.45) is 0 Å². The highest BCUT2D eigenvalue weighted by Gasteiger charge is 2.22. The van der Waals surface area contributed by atoms with Gasteiger partial charge in [-0.15, -0.1) is 0 Å². The highest BCUT2D eigenvalue weighted by Crippen LogP contribution is 2.21. The minimum absolute atomic E-state index is 0.0727. The van der Waals surface area contributed by atoms with Gasteiger partial charge < -0.3 is 15.2 Å². The molecule has 1 fully saturated rings. The zero-order valence-electron chi connectivity index (χ0n) is 15.4. The molecule has 0 aliphatic carbocycles. The predicted molar refractivity (Wildman–Crippen MR) is 106 cm³/mol. The molecule has 2 aromatic rings. The van der Waals surface area contributed by atoms with Gasteiger partial charge in [-0.2, -0.15) is 0 Å². The molecule has 0 saturated carbocycles. The molecular formula is C20H24N2O5S. The summed E-state index contributed by atoms with van der Waals surface area (Å²) in [5, 5.41) is 12.6. The third kappa shape index (κ3) is 5.31. The highest BCUT2D eigenvalue weighted by molar-refractivity contribution is 7.89. The maximum absolute atomic E-state index is 12.5. The number of anilines is 1. The number of hydrogen-bond acceptors (Lipinski definition) is 5. The maximum atomic E-state index is 12.5. The van der Waals surface area contributed by atoms with Crippen molar-refractivity contribution in [3.63, 3.8) is 0 Å². The molecule has 1 atom stereocenters. The maximum Gasteiger partial charge on any atom is 0.337 e. The van der Waals surface area contributed by atoms with Crippen molar-refractivity contribution >= 4 is 21.7 Å². The molecule has 0 spiro atoms. The molecule has 1 aliphatic rings. The van der Waals surface area contributed by atoms with Gasteiger partial charge in [-0.05, 0) is 43.0 Å².